The molecule has 0 spiro atoms. The van der Waals surface area contributed by atoms with E-state index in [0.717, 1.165) is 6.07 Å². The van der Waals surface area contributed by atoms with E-state index in [1.54, 1.807) is 6.92 Å². The summed E-state index contributed by atoms with van der Waals surface area (Å²) >= 11 is 0. The fourth-order valence-corrected chi connectivity index (χ4v) is 1.40. The maximum absolute atomic E-state index is 13.2. The van der Waals surface area contributed by atoms with Crippen LogP contribution in [0.5, 0.6) is 0 Å². The second-order valence-corrected chi connectivity index (χ2v) is 3.10. The van der Waals surface area contributed by atoms with Crippen molar-refractivity contribution in [2.75, 3.05) is 0 Å². The van der Waals surface area contributed by atoms with Gasteiger partial charge in [-0.25, -0.2) is 8.78 Å². The van der Waals surface area contributed by atoms with Crippen molar-refractivity contribution in [3.8, 4) is 0 Å². The molecule has 1 atom stereocenters. The van der Waals surface area contributed by atoms with E-state index >= 15 is 0 Å². The van der Waals surface area contributed by atoms with Crippen LogP contribution in [0.4, 0.5) is 8.78 Å². The average molecular weight is 185 g/mol. The molecule has 0 aliphatic carbocycles. The lowest BCUT2D eigenvalue weighted by atomic mass is 9.99. The van der Waals surface area contributed by atoms with Crippen LogP contribution in [0.2, 0.25) is 0 Å². The first kappa shape index (κ1) is 10.1. The lowest BCUT2D eigenvalue weighted by Gasteiger charge is -2.12. The number of rotatable bonds is 2. The molecule has 0 saturated heterocycles. The van der Waals surface area contributed by atoms with Crippen molar-refractivity contribution >= 4 is 0 Å². The van der Waals surface area contributed by atoms with E-state index < -0.39 is 11.6 Å². The van der Waals surface area contributed by atoms with Gasteiger partial charge in [0.1, 0.15) is 11.6 Å². The molecule has 3 heteroatoms. The molecule has 0 aromatic heterocycles. The van der Waals surface area contributed by atoms with Crippen LogP contribution < -0.4 is 5.73 Å². The molecule has 1 nitrogen and oxygen atoms in total. The minimum atomic E-state index is -0.568. The largest absolute Gasteiger partial charge is 0.324 e. The van der Waals surface area contributed by atoms with Crippen LogP contribution in [0.15, 0.2) is 12.1 Å². The third-order valence-electron chi connectivity index (χ3n) is 2.04. The fourth-order valence-electron chi connectivity index (χ4n) is 1.40. The number of hydrogen-bond donors (Lipinski definition) is 1. The number of benzene rings is 1. The Kier molecular flexibility index (Phi) is 2.98. The molecule has 2 N–H and O–H groups in total. The van der Waals surface area contributed by atoms with E-state index in [9.17, 15) is 8.78 Å². The van der Waals surface area contributed by atoms with Gasteiger partial charge in [-0.3, -0.25) is 0 Å². The molecule has 0 aliphatic rings. The van der Waals surface area contributed by atoms with Gasteiger partial charge in [0.15, 0.2) is 0 Å². The van der Waals surface area contributed by atoms with Gasteiger partial charge in [0.25, 0.3) is 0 Å². The summed E-state index contributed by atoms with van der Waals surface area (Å²) in [5, 5.41) is 0. The van der Waals surface area contributed by atoms with Crippen molar-refractivity contribution in [3.63, 3.8) is 0 Å². The zero-order chi connectivity index (χ0) is 10.0. The Hall–Kier alpha value is -0.960. The third kappa shape index (κ3) is 2.04. The normalized spacial score (nSPS) is 13.0. The first-order valence-electron chi connectivity index (χ1n) is 4.29. The van der Waals surface area contributed by atoms with Gasteiger partial charge in [0, 0.05) is 12.1 Å². The van der Waals surface area contributed by atoms with Gasteiger partial charge in [-0.05, 0) is 30.5 Å². The predicted octanol–water partition coefficient (Wildman–Crippen LogP) is 2.55. The Balaban J connectivity index is 3.29. The number of nitrogens with two attached hydrogens (primary N) is 1. The molecule has 0 aliphatic heterocycles. The van der Waals surface area contributed by atoms with Gasteiger partial charge in [-0.2, -0.15) is 0 Å². The number of hydrogen-bond acceptors (Lipinski definition) is 1. The van der Waals surface area contributed by atoms with Crippen molar-refractivity contribution in [2.24, 2.45) is 5.73 Å². The molecule has 0 bridgehead atoms. The summed E-state index contributed by atoms with van der Waals surface area (Å²) in [7, 11) is 0. The van der Waals surface area contributed by atoms with Crippen LogP contribution in [0, 0.1) is 11.6 Å². The Morgan fingerprint density at radius 2 is 2.00 bits per heavy atom. The highest BCUT2D eigenvalue weighted by molar-refractivity contribution is 5.31. The summed E-state index contributed by atoms with van der Waals surface area (Å²) in [5.74, 6) is -1.07. The Morgan fingerprint density at radius 3 is 2.46 bits per heavy atom. The van der Waals surface area contributed by atoms with Gasteiger partial charge in [-0.15, -0.1) is 0 Å². The summed E-state index contributed by atoms with van der Waals surface area (Å²) in [5.41, 5.74) is 6.66. The van der Waals surface area contributed by atoms with Crippen molar-refractivity contribution in [1.29, 1.82) is 0 Å². The second kappa shape index (κ2) is 3.83. The molecule has 0 saturated carbocycles. The van der Waals surface area contributed by atoms with Crippen LogP contribution in [0.3, 0.4) is 0 Å². The zero-order valence-corrected chi connectivity index (χ0v) is 7.77. The van der Waals surface area contributed by atoms with Crippen LogP contribution >= 0.6 is 0 Å². The van der Waals surface area contributed by atoms with Gasteiger partial charge >= 0.3 is 0 Å². The first-order chi connectivity index (χ1) is 6.06. The molecule has 1 rings (SSSR count). The standard InChI is InChI=1S/C10H13F2N/c1-3-8-9(6(2)13)4-7(11)5-10(8)12/h4-6H,3,13H2,1-2H3. The lowest BCUT2D eigenvalue weighted by Crippen LogP contribution is -2.10. The zero-order valence-electron chi connectivity index (χ0n) is 7.77. The van der Waals surface area contributed by atoms with Crippen LogP contribution in [0.25, 0.3) is 0 Å². The van der Waals surface area contributed by atoms with Gasteiger partial charge in [-0.1, -0.05) is 6.92 Å². The van der Waals surface area contributed by atoms with Gasteiger partial charge < -0.3 is 5.73 Å². The summed E-state index contributed by atoms with van der Waals surface area (Å²) in [6.07, 6.45) is 0.531. The molecular formula is C10H13F2N. The smallest absolute Gasteiger partial charge is 0.129 e. The monoisotopic (exact) mass is 185 g/mol. The highest BCUT2D eigenvalue weighted by Gasteiger charge is 2.12. The molecule has 72 valence electrons. The second-order valence-electron chi connectivity index (χ2n) is 3.10. The highest BCUT2D eigenvalue weighted by Crippen LogP contribution is 2.21. The molecule has 0 heterocycles. The topological polar surface area (TPSA) is 26.0 Å². The van der Waals surface area contributed by atoms with E-state index in [-0.39, 0.29) is 6.04 Å². The molecule has 13 heavy (non-hydrogen) atoms. The molecule has 0 radical (unpaired) electrons. The van der Waals surface area contributed by atoms with Crippen molar-refractivity contribution in [1.82, 2.24) is 0 Å². The van der Waals surface area contributed by atoms with Crippen LogP contribution in [0.1, 0.15) is 31.0 Å². The van der Waals surface area contributed by atoms with E-state index in [0.29, 0.717) is 17.5 Å². The van der Waals surface area contributed by atoms with Crippen molar-refractivity contribution < 1.29 is 8.78 Å². The van der Waals surface area contributed by atoms with E-state index in [4.69, 9.17) is 5.73 Å². The first-order valence-corrected chi connectivity index (χ1v) is 4.29. The van der Waals surface area contributed by atoms with Crippen LogP contribution in [-0.2, 0) is 6.42 Å². The fraction of sp³-hybridized carbons (Fsp3) is 0.400. The molecule has 1 unspecified atom stereocenters. The van der Waals surface area contributed by atoms with Crippen LogP contribution in [-0.4, -0.2) is 0 Å². The van der Waals surface area contributed by atoms with Crippen molar-refractivity contribution in [2.45, 2.75) is 26.3 Å². The lowest BCUT2D eigenvalue weighted by molar-refractivity contribution is 0.564. The molecule has 0 amide bonds. The van der Waals surface area contributed by atoms with E-state index in [1.807, 2.05) is 6.92 Å². The summed E-state index contributed by atoms with van der Waals surface area (Å²) in [6, 6.07) is 1.86. The van der Waals surface area contributed by atoms with E-state index in [2.05, 4.69) is 0 Å². The minimum absolute atomic E-state index is 0.333. The van der Waals surface area contributed by atoms with E-state index in [1.165, 1.54) is 6.07 Å². The quantitative estimate of drug-likeness (QED) is 0.752. The third-order valence-corrected chi connectivity index (χ3v) is 2.04. The predicted molar refractivity (Wildman–Crippen MR) is 48.3 cm³/mol. The highest BCUT2D eigenvalue weighted by atomic mass is 19.1. The minimum Gasteiger partial charge on any atom is -0.324 e. The Morgan fingerprint density at radius 1 is 1.38 bits per heavy atom. The SMILES string of the molecule is CCc1c(F)cc(F)cc1C(C)N. The molecule has 1 aromatic rings. The van der Waals surface area contributed by atoms with Crippen molar-refractivity contribution in [3.05, 3.63) is 34.9 Å². The summed E-state index contributed by atoms with van der Waals surface area (Å²) < 4.78 is 26.0. The van der Waals surface area contributed by atoms with Gasteiger partial charge in [0.2, 0.25) is 0 Å². The summed E-state index contributed by atoms with van der Waals surface area (Å²) in [6.45, 7) is 3.54. The molecule has 1 aromatic carbocycles. The average Bonchev–Trinajstić information content (AvgIpc) is 2.02. The number of halogens is 2. The maximum Gasteiger partial charge on any atom is 0.129 e. The maximum atomic E-state index is 13.2. The van der Waals surface area contributed by atoms with Gasteiger partial charge in [0.05, 0.1) is 0 Å². The Bertz CT molecular complexity index is 308. The molecule has 0 fully saturated rings. The molecular weight excluding hydrogens is 172 g/mol. The summed E-state index contributed by atoms with van der Waals surface area (Å²) in [4.78, 5) is 0. The Labute approximate surface area is 76.6 Å².